The zero-order valence-corrected chi connectivity index (χ0v) is 34.5. The van der Waals surface area contributed by atoms with Crippen molar-refractivity contribution in [1.29, 1.82) is 0 Å². The zero-order valence-electron chi connectivity index (χ0n) is 33.7. The summed E-state index contributed by atoms with van der Waals surface area (Å²) >= 11 is 0. The number of amides is 1. The molecule has 4 fully saturated rings. The van der Waals surface area contributed by atoms with Gasteiger partial charge in [-0.15, -0.1) is 0 Å². The van der Waals surface area contributed by atoms with Crippen LogP contribution in [0.5, 0.6) is 0 Å². The number of esters is 1. The molecular weight excluding hydrogens is 671 g/mol. The van der Waals surface area contributed by atoms with Crippen LogP contribution in [0.3, 0.4) is 0 Å². The first-order valence-electron chi connectivity index (χ1n) is 21.9. The molecule has 9 unspecified atom stereocenters. The largest absolute Gasteiger partial charge is 0.462 e. The first-order valence-corrected chi connectivity index (χ1v) is 23.5. The van der Waals surface area contributed by atoms with Crippen LogP contribution in [0, 0.1) is 46.3 Å². The summed E-state index contributed by atoms with van der Waals surface area (Å²) in [6, 6.07) is 0. The molecule has 0 aliphatic heterocycles. The van der Waals surface area contributed by atoms with Crippen LogP contribution >= 0.6 is 0 Å². The number of fused-ring (bicyclic) bond motifs is 5. The molecule has 0 saturated heterocycles. The maximum absolute atomic E-state index is 12.8. The van der Waals surface area contributed by atoms with E-state index in [1.807, 2.05) is 0 Å². The van der Waals surface area contributed by atoms with E-state index in [1.54, 1.807) is 0 Å². The Hall–Kier alpha value is -1.41. The molecule has 1 amide bonds. The number of ether oxygens (including phenoxy) is 1. The third kappa shape index (κ3) is 12.6. The number of hydrogen-bond acceptors (Lipinski definition) is 5. The molecule has 4 rings (SSSR count). The number of hydrogen-bond donors (Lipinski definition) is 2. The Bertz CT molecular complexity index is 1230. The standard InChI is InChI=1S/C44H77NO6S/c1-5-6-7-8-9-10-11-12-13-14-15-16-17-18-19-20-42(47)51-36-27-29-43(3)35(33-36)22-23-37-39-25-24-38(44(39,4)30-28-40(37)43)34(2)21-26-41(46)45-31-32-52(48,49)50/h12-13,34-40H,5-11,14-33H2,1-4H3,(H,45,46)(H,48,49,50)/b13-12-. The van der Waals surface area contributed by atoms with Crippen molar-refractivity contribution in [1.82, 2.24) is 5.32 Å². The lowest BCUT2D eigenvalue weighted by Gasteiger charge is -2.61. The highest BCUT2D eigenvalue weighted by Crippen LogP contribution is 2.68. The summed E-state index contributed by atoms with van der Waals surface area (Å²) in [6.07, 6.45) is 34.0. The predicted octanol–water partition coefficient (Wildman–Crippen LogP) is 11.0. The van der Waals surface area contributed by atoms with Crippen molar-refractivity contribution < 1.29 is 27.3 Å². The van der Waals surface area contributed by atoms with E-state index >= 15 is 0 Å². The van der Waals surface area contributed by atoms with Crippen LogP contribution < -0.4 is 5.32 Å². The molecule has 2 N–H and O–H groups in total. The molecule has 0 bridgehead atoms. The van der Waals surface area contributed by atoms with Gasteiger partial charge in [0.1, 0.15) is 6.10 Å². The van der Waals surface area contributed by atoms with Gasteiger partial charge in [-0.2, -0.15) is 8.42 Å². The van der Waals surface area contributed by atoms with Gasteiger partial charge in [-0.3, -0.25) is 14.1 Å². The van der Waals surface area contributed by atoms with Gasteiger partial charge in [0, 0.05) is 19.4 Å². The zero-order chi connectivity index (χ0) is 37.6. The molecule has 0 aromatic carbocycles. The minimum atomic E-state index is -4.06. The van der Waals surface area contributed by atoms with Gasteiger partial charge in [0.2, 0.25) is 5.91 Å². The molecule has 0 heterocycles. The Morgan fingerprint density at radius 3 is 2.13 bits per heavy atom. The fraction of sp³-hybridized carbons (Fsp3) is 0.909. The van der Waals surface area contributed by atoms with Gasteiger partial charge in [-0.1, -0.05) is 91.2 Å². The molecule has 4 saturated carbocycles. The normalized spacial score (nSPS) is 32.2. The van der Waals surface area contributed by atoms with Crippen molar-refractivity contribution in [2.45, 2.75) is 194 Å². The molecule has 0 aromatic heterocycles. The average molecular weight is 748 g/mol. The van der Waals surface area contributed by atoms with E-state index in [2.05, 4.69) is 45.2 Å². The Balaban J connectivity index is 1.11. The van der Waals surface area contributed by atoms with Crippen LogP contribution in [0.2, 0.25) is 0 Å². The summed E-state index contributed by atoms with van der Waals surface area (Å²) in [7, 11) is -4.06. The highest BCUT2D eigenvalue weighted by molar-refractivity contribution is 7.85. The number of nitrogens with one attached hydrogen (secondary N) is 1. The second kappa shape index (κ2) is 21.0. The number of unbranched alkanes of at least 4 members (excludes halogenated alkanes) is 11. The summed E-state index contributed by atoms with van der Waals surface area (Å²) in [5.74, 6) is 3.46. The molecule has 9 atom stereocenters. The van der Waals surface area contributed by atoms with Crippen LogP contribution in [0.15, 0.2) is 12.2 Å². The third-order valence-corrected chi connectivity index (χ3v) is 15.5. The molecule has 8 heteroatoms. The highest BCUT2D eigenvalue weighted by atomic mass is 32.2. The molecule has 52 heavy (non-hydrogen) atoms. The summed E-state index contributed by atoms with van der Waals surface area (Å²) in [6.45, 7) is 9.67. The SMILES string of the molecule is CCCCCCCC/C=C\CCCCCCCC(=O)OC1CCC2(C)C(CCC3C2CCC2(C)C(C(C)CCC(=O)NCCS(=O)(=O)O)CCC32)C1. The first-order chi connectivity index (χ1) is 24.9. The maximum Gasteiger partial charge on any atom is 0.306 e. The number of carbonyl (C=O) groups excluding carboxylic acids is 2. The fourth-order valence-corrected chi connectivity index (χ4v) is 12.2. The molecule has 4 aliphatic rings. The third-order valence-electron chi connectivity index (χ3n) is 14.8. The van der Waals surface area contributed by atoms with Gasteiger partial charge < -0.3 is 10.1 Å². The summed E-state index contributed by atoms with van der Waals surface area (Å²) in [4.78, 5) is 25.2. The lowest BCUT2D eigenvalue weighted by molar-refractivity contribution is -0.162. The highest BCUT2D eigenvalue weighted by Gasteiger charge is 2.60. The van der Waals surface area contributed by atoms with Crippen LogP contribution in [-0.4, -0.2) is 43.2 Å². The van der Waals surface area contributed by atoms with Crippen molar-refractivity contribution in [3.63, 3.8) is 0 Å². The molecule has 0 aromatic rings. The van der Waals surface area contributed by atoms with Crippen LogP contribution in [-0.2, 0) is 24.4 Å². The Labute approximate surface area is 318 Å². The minimum Gasteiger partial charge on any atom is -0.462 e. The van der Waals surface area contributed by atoms with Crippen molar-refractivity contribution in [3.8, 4) is 0 Å². The number of rotatable bonds is 23. The van der Waals surface area contributed by atoms with E-state index in [9.17, 15) is 18.0 Å². The molecule has 4 aliphatic carbocycles. The van der Waals surface area contributed by atoms with Gasteiger partial charge in [-0.05, 0) is 143 Å². The molecule has 300 valence electrons. The smallest absolute Gasteiger partial charge is 0.306 e. The molecule has 0 radical (unpaired) electrons. The van der Waals surface area contributed by atoms with E-state index in [-0.39, 0.29) is 24.5 Å². The second-order valence-corrected chi connectivity index (χ2v) is 19.8. The van der Waals surface area contributed by atoms with Gasteiger partial charge in [0.25, 0.3) is 10.1 Å². The number of carbonyl (C=O) groups is 2. The van der Waals surface area contributed by atoms with E-state index in [0.29, 0.717) is 41.4 Å². The topological polar surface area (TPSA) is 110 Å². The first kappa shape index (κ1) is 43.3. The molecular formula is C44H77NO6S. The van der Waals surface area contributed by atoms with Crippen LogP contribution in [0.4, 0.5) is 0 Å². The van der Waals surface area contributed by atoms with Crippen molar-refractivity contribution in [3.05, 3.63) is 12.2 Å². The Kier molecular flexibility index (Phi) is 17.5. The Morgan fingerprint density at radius 2 is 1.44 bits per heavy atom. The lowest BCUT2D eigenvalue weighted by Crippen LogP contribution is -2.54. The van der Waals surface area contributed by atoms with Crippen molar-refractivity contribution >= 4 is 22.0 Å². The average Bonchev–Trinajstić information content (AvgIpc) is 3.46. The fourth-order valence-electron chi connectivity index (χ4n) is 11.9. The van der Waals surface area contributed by atoms with Gasteiger partial charge in [-0.25, -0.2) is 0 Å². The summed E-state index contributed by atoms with van der Waals surface area (Å²) in [5.41, 5.74) is 0.669. The van der Waals surface area contributed by atoms with Gasteiger partial charge >= 0.3 is 5.97 Å². The lowest BCUT2D eigenvalue weighted by atomic mass is 9.44. The quantitative estimate of drug-likeness (QED) is 0.0466. The van der Waals surface area contributed by atoms with Crippen molar-refractivity contribution in [2.75, 3.05) is 12.3 Å². The van der Waals surface area contributed by atoms with Crippen molar-refractivity contribution in [2.24, 2.45) is 46.3 Å². The minimum absolute atomic E-state index is 0.0232. The molecule has 0 spiro atoms. The summed E-state index contributed by atoms with van der Waals surface area (Å²) in [5, 5.41) is 2.65. The second-order valence-electron chi connectivity index (χ2n) is 18.3. The van der Waals surface area contributed by atoms with Crippen LogP contribution in [0.1, 0.15) is 188 Å². The monoisotopic (exact) mass is 748 g/mol. The maximum atomic E-state index is 12.8. The van der Waals surface area contributed by atoms with E-state index in [0.717, 1.165) is 49.9 Å². The van der Waals surface area contributed by atoms with E-state index in [4.69, 9.17) is 9.29 Å². The van der Waals surface area contributed by atoms with Gasteiger partial charge in [0.05, 0.1) is 5.75 Å². The summed E-state index contributed by atoms with van der Waals surface area (Å²) < 4.78 is 37.0. The van der Waals surface area contributed by atoms with E-state index in [1.165, 1.54) is 116 Å². The predicted molar refractivity (Wildman–Crippen MR) is 212 cm³/mol. The van der Waals surface area contributed by atoms with Gasteiger partial charge in [0.15, 0.2) is 0 Å². The number of allylic oxidation sites excluding steroid dienone is 2. The molecule has 7 nitrogen and oxygen atoms in total. The van der Waals surface area contributed by atoms with Crippen LogP contribution in [0.25, 0.3) is 0 Å². The Morgan fingerprint density at radius 1 is 0.808 bits per heavy atom. The van der Waals surface area contributed by atoms with E-state index < -0.39 is 15.9 Å².